The Balaban J connectivity index is 1.88. The van der Waals surface area contributed by atoms with E-state index < -0.39 is 0 Å². The summed E-state index contributed by atoms with van der Waals surface area (Å²) in [5.41, 5.74) is 0. The lowest BCUT2D eigenvalue weighted by atomic mass is 9.43. The molecule has 0 aliphatic carbocycles. The van der Waals surface area contributed by atoms with Gasteiger partial charge in [0.25, 0.3) is 0 Å². The summed E-state index contributed by atoms with van der Waals surface area (Å²) in [6, 6.07) is 0. The highest BCUT2D eigenvalue weighted by molar-refractivity contribution is 7.15. The van der Waals surface area contributed by atoms with Gasteiger partial charge in [0.05, 0.1) is 0 Å². The van der Waals surface area contributed by atoms with E-state index in [1.165, 1.54) is 20.0 Å². The van der Waals surface area contributed by atoms with Gasteiger partial charge in [0.1, 0.15) is 6.60 Å². The predicted molar refractivity (Wildman–Crippen MR) is 24.8 cm³/mol. The molecule has 6 heavy (non-hydrogen) atoms. The number of hydrogen-bond acceptors (Lipinski definition) is 2. The molecule has 1 aliphatic rings. The maximum atomic E-state index is 7.72. The largest absolute Gasteiger partial charge is 0.324 e. The van der Waals surface area contributed by atoms with E-state index in [4.69, 9.17) is 5.26 Å². The molecule has 0 aromatic rings. The third-order valence-electron chi connectivity index (χ3n) is 0.875. The summed E-state index contributed by atoms with van der Waals surface area (Å²) in [6.45, 7) is 0.551. The van der Waals surface area contributed by atoms with E-state index in [0.29, 0.717) is 6.60 Å². The number of hydrogen-bond donors (Lipinski definition) is 1. The molecule has 1 heterocycles. The van der Waals surface area contributed by atoms with E-state index in [1.54, 1.807) is 0 Å². The normalized spacial score (nSPS) is 17.8. The Kier molecular flexibility index (Phi) is 1.17. The summed E-state index contributed by atoms with van der Waals surface area (Å²) in [5.74, 6) is 0. The lowest BCUT2D eigenvalue weighted by Crippen LogP contribution is -2.04. The van der Waals surface area contributed by atoms with E-state index in [1.807, 2.05) is 0 Å². The Labute approximate surface area is 37.8 Å². The van der Waals surface area contributed by atoms with Crippen molar-refractivity contribution in [3.8, 4) is 0 Å². The van der Waals surface area contributed by atoms with Gasteiger partial charge in [0.15, 0.2) is 0 Å². The second kappa shape index (κ2) is 1.67. The quantitative estimate of drug-likeness (QED) is 0.291. The highest BCUT2D eigenvalue weighted by Crippen LogP contribution is 2.18. The molecule has 31 valence electrons. The molecule has 0 unspecified atom stereocenters. The van der Waals surface area contributed by atoms with Gasteiger partial charge in [0.2, 0.25) is 0 Å². The summed E-state index contributed by atoms with van der Waals surface area (Å²) in [6.07, 6.45) is 2.36. The van der Waals surface area contributed by atoms with Crippen molar-refractivity contribution in [3.05, 3.63) is 0 Å². The highest BCUT2D eigenvalue weighted by Gasteiger charge is 2.27. The van der Waals surface area contributed by atoms with Crippen LogP contribution in [0.4, 0.5) is 0 Å². The molecule has 1 rings (SSSR count). The second-order valence-corrected chi connectivity index (χ2v) is 1.58. The lowest BCUT2D eigenvalue weighted by molar-refractivity contribution is -0.134. The maximum absolute atomic E-state index is 7.72. The molecular formula is C2H5B2O2. The Morgan fingerprint density at radius 1 is 1.67 bits per heavy atom. The number of rotatable bonds is 2. The summed E-state index contributed by atoms with van der Waals surface area (Å²) < 4.78 is 0. The highest BCUT2D eigenvalue weighted by atomic mass is 17.1. The van der Waals surface area contributed by atoms with E-state index in [0.717, 1.165) is 0 Å². The second-order valence-electron chi connectivity index (χ2n) is 1.58. The van der Waals surface area contributed by atoms with Crippen molar-refractivity contribution in [1.29, 1.82) is 0 Å². The topological polar surface area (TPSA) is 29.5 Å². The van der Waals surface area contributed by atoms with Crippen LogP contribution in [0, 0.1) is 0 Å². The fraction of sp³-hybridized carbons (Fsp3) is 1.00. The molecule has 0 saturated carbocycles. The molecule has 0 bridgehead atoms. The maximum Gasteiger partial charge on any atom is 0.300 e. The van der Waals surface area contributed by atoms with Gasteiger partial charge < -0.3 is 4.81 Å². The van der Waals surface area contributed by atoms with Crippen LogP contribution in [-0.4, -0.2) is 19.2 Å². The van der Waals surface area contributed by atoms with Crippen LogP contribution >= 0.6 is 0 Å². The van der Waals surface area contributed by atoms with Gasteiger partial charge in [-0.3, -0.25) is 5.26 Å². The van der Waals surface area contributed by atoms with Crippen molar-refractivity contribution >= 4 is 14.0 Å². The van der Waals surface area contributed by atoms with Gasteiger partial charge in [0, 0.05) is 0 Å². The third-order valence-corrected chi connectivity index (χ3v) is 0.875. The molecule has 0 atom stereocenters. The van der Waals surface area contributed by atoms with Crippen LogP contribution < -0.4 is 0 Å². The van der Waals surface area contributed by atoms with Crippen molar-refractivity contribution in [2.24, 2.45) is 0 Å². The van der Waals surface area contributed by atoms with Crippen LogP contribution in [0.2, 0.25) is 12.6 Å². The predicted octanol–water partition coefficient (Wildman–Crippen LogP) is 0.100. The summed E-state index contributed by atoms with van der Waals surface area (Å²) in [7, 11) is 1.46. The van der Waals surface area contributed by atoms with Crippen LogP contribution in [0.3, 0.4) is 0 Å². The zero-order valence-electron chi connectivity index (χ0n) is 3.42. The van der Waals surface area contributed by atoms with Crippen molar-refractivity contribution < 1.29 is 10.1 Å². The van der Waals surface area contributed by atoms with Crippen LogP contribution in [0.25, 0.3) is 0 Å². The summed E-state index contributed by atoms with van der Waals surface area (Å²) in [5, 5.41) is 7.72. The van der Waals surface area contributed by atoms with E-state index in [-0.39, 0.29) is 0 Å². The average molecular weight is 82.7 g/mol. The molecule has 1 saturated heterocycles. The molecule has 0 aromatic heterocycles. The summed E-state index contributed by atoms with van der Waals surface area (Å²) >= 11 is 0. The van der Waals surface area contributed by atoms with Crippen LogP contribution in [0.1, 0.15) is 0 Å². The van der Waals surface area contributed by atoms with Gasteiger partial charge in [-0.1, -0.05) is 12.6 Å². The zero-order valence-corrected chi connectivity index (χ0v) is 3.42. The van der Waals surface area contributed by atoms with Gasteiger partial charge in [-0.2, -0.15) is 0 Å². The fourth-order valence-electron chi connectivity index (χ4n) is 0.318. The van der Waals surface area contributed by atoms with E-state index in [2.05, 4.69) is 4.81 Å². The van der Waals surface area contributed by atoms with Gasteiger partial charge in [-0.15, -0.1) is 0 Å². The molecule has 0 spiro atoms. The Morgan fingerprint density at radius 3 is 2.50 bits per heavy atom. The standard InChI is InChI=1S/C2H5B2O2/c5-6-3-4-1-2-4/h5H,1-2H2. The first-order valence-corrected chi connectivity index (χ1v) is 2.07. The molecular weight excluding hydrogens is 77.6 g/mol. The monoisotopic (exact) mass is 83.0 g/mol. The van der Waals surface area contributed by atoms with Crippen molar-refractivity contribution in [2.45, 2.75) is 12.6 Å². The Hall–Kier alpha value is 0.0499. The first-order chi connectivity index (χ1) is 2.93. The Bertz CT molecular complexity index is 44.8. The van der Waals surface area contributed by atoms with Gasteiger partial charge in [-0.25, -0.2) is 0 Å². The Morgan fingerprint density at radius 2 is 2.33 bits per heavy atom. The zero-order chi connectivity index (χ0) is 4.41. The van der Waals surface area contributed by atoms with Crippen molar-refractivity contribution in [1.82, 2.24) is 0 Å². The SMILES string of the molecule is OO[B]B1CC1. The molecule has 1 N–H and O–H groups in total. The first-order valence-electron chi connectivity index (χ1n) is 2.07. The van der Waals surface area contributed by atoms with Gasteiger partial charge >= 0.3 is 7.37 Å². The molecule has 4 heteroatoms. The third kappa shape index (κ3) is 1.03. The molecule has 2 nitrogen and oxygen atoms in total. The van der Waals surface area contributed by atoms with Gasteiger partial charge in [-0.05, 0) is 0 Å². The molecule has 1 fully saturated rings. The van der Waals surface area contributed by atoms with Crippen LogP contribution in [0.15, 0.2) is 0 Å². The van der Waals surface area contributed by atoms with E-state index in [9.17, 15) is 0 Å². The van der Waals surface area contributed by atoms with Crippen LogP contribution in [-0.2, 0) is 4.81 Å². The van der Waals surface area contributed by atoms with Crippen molar-refractivity contribution in [3.63, 3.8) is 0 Å². The van der Waals surface area contributed by atoms with Crippen molar-refractivity contribution in [2.75, 3.05) is 0 Å². The smallest absolute Gasteiger partial charge is 0.300 e. The fourth-order valence-corrected chi connectivity index (χ4v) is 0.318. The molecule has 1 radical (unpaired) electrons. The molecule has 0 amide bonds. The molecule has 1 aliphatic heterocycles. The molecule has 0 aromatic carbocycles. The van der Waals surface area contributed by atoms with Crippen LogP contribution in [0.5, 0.6) is 0 Å². The lowest BCUT2D eigenvalue weighted by Gasteiger charge is -1.79. The van der Waals surface area contributed by atoms with E-state index >= 15 is 0 Å². The minimum absolute atomic E-state index is 0.551. The minimum Gasteiger partial charge on any atom is -0.324 e. The summed E-state index contributed by atoms with van der Waals surface area (Å²) in [4.78, 5) is 3.74. The minimum atomic E-state index is 0.551. The average Bonchev–Trinajstić information content (AvgIpc) is 2.21. The first kappa shape index (κ1) is 4.22.